The Balaban J connectivity index is 2.88. The van der Waals surface area contributed by atoms with Gasteiger partial charge in [-0.3, -0.25) is 0 Å². The van der Waals surface area contributed by atoms with E-state index in [4.69, 9.17) is 5.73 Å². The van der Waals surface area contributed by atoms with Gasteiger partial charge in [0.05, 0.1) is 5.69 Å². The molecule has 72 valence electrons. The van der Waals surface area contributed by atoms with Gasteiger partial charge in [-0.2, -0.15) is 0 Å². The molecule has 1 rings (SSSR count). The molecule has 0 aromatic carbocycles. The van der Waals surface area contributed by atoms with E-state index in [0.717, 1.165) is 11.6 Å². The smallest absolute Gasteiger partial charge is 0.225 e. The standard InChI is InChI=1S/C9H16N4/c1-7(2)13(3)9-11-5-4-8(6-10)12-9/h4-5,7H,6,10H2,1-3H3. The van der Waals surface area contributed by atoms with Gasteiger partial charge in [0.2, 0.25) is 5.95 Å². The van der Waals surface area contributed by atoms with E-state index in [0.29, 0.717) is 12.6 Å². The summed E-state index contributed by atoms with van der Waals surface area (Å²) >= 11 is 0. The van der Waals surface area contributed by atoms with E-state index in [1.807, 2.05) is 18.0 Å². The lowest BCUT2D eigenvalue weighted by Crippen LogP contribution is -2.27. The van der Waals surface area contributed by atoms with E-state index < -0.39 is 0 Å². The van der Waals surface area contributed by atoms with E-state index >= 15 is 0 Å². The molecule has 0 atom stereocenters. The average molecular weight is 180 g/mol. The summed E-state index contributed by atoms with van der Waals surface area (Å²) in [6, 6.07) is 2.23. The first kappa shape index (κ1) is 9.92. The van der Waals surface area contributed by atoms with E-state index in [9.17, 15) is 0 Å². The molecule has 1 heterocycles. The van der Waals surface area contributed by atoms with Crippen LogP contribution < -0.4 is 10.6 Å². The summed E-state index contributed by atoms with van der Waals surface area (Å²) in [5.74, 6) is 0.734. The second kappa shape index (κ2) is 4.18. The van der Waals surface area contributed by atoms with Crippen LogP contribution in [0.25, 0.3) is 0 Å². The predicted octanol–water partition coefficient (Wildman–Crippen LogP) is 0.780. The molecular formula is C9H16N4. The molecule has 0 bridgehead atoms. The first-order valence-electron chi connectivity index (χ1n) is 4.40. The number of nitrogens with two attached hydrogens (primary N) is 1. The van der Waals surface area contributed by atoms with Crippen molar-refractivity contribution in [3.05, 3.63) is 18.0 Å². The Morgan fingerprint density at radius 1 is 1.54 bits per heavy atom. The second-order valence-corrected chi connectivity index (χ2v) is 3.26. The molecule has 0 aliphatic rings. The number of nitrogens with zero attached hydrogens (tertiary/aromatic N) is 3. The van der Waals surface area contributed by atoms with Crippen LogP contribution in [0.3, 0.4) is 0 Å². The van der Waals surface area contributed by atoms with Gasteiger partial charge in [-0.1, -0.05) is 0 Å². The van der Waals surface area contributed by atoms with E-state index in [1.165, 1.54) is 0 Å². The van der Waals surface area contributed by atoms with Gasteiger partial charge in [0.1, 0.15) is 0 Å². The fourth-order valence-electron chi connectivity index (χ4n) is 0.899. The van der Waals surface area contributed by atoms with Gasteiger partial charge in [-0.15, -0.1) is 0 Å². The van der Waals surface area contributed by atoms with Crippen LogP contribution in [0, 0.1) is 0 Å². The Labute approximate surface area is 78.8 Å². The number of anilines is 1. The number of hydrogen-bond acceptors (Lipinski definition) is 4. The first-order valence-corrected chi connectivity index (χ1v) is 4.40. The van der Waals surface area contributed by atoms with Gasteiger partial charge in [-0.05, 0) is 19.9 Å². The van der Waals surface area contributed by atoms with Gasteiger partial charge in [0.15, 0.2) is 0 Å². The van der Waals surface area contributed by atoms with Crippen molar-refractivity contribution in [1.29, 1.82) is 0 Å². The topological polar surface area (TPSA) is 55.0 Å². The van der Waals surface area contributed by atoms with E-state index in [2.05, 4.69) is 23.8 Å². The van der Waals surface area contributed by atoms with Crippen LogP contribution in [-0.2, 0) is 6.54 Å². The lowest BCUT2D eigenvalue weighted by molar-refractivity contribution is 0.724. The molecule has 4 nitrogen and oxygen atoms in total. The molecule has 2 N–H and O–H groups in total. The molecule has 0 spiro atoms. The summed E-state index contributed by atoms with van der Waals surface area (Å²) in [5.41, 5.74) is 6.36. The maximum absolute atomic E-state index is 5.49. The van der Waals surface area contributed by atoms with Crippen LogP contribution in [0.2, 0.25) is 0 Å². The van der Waals surface area contributed by atoms with Crippen LogP contribution in [0.15, 0.2) is 12.3 Å². The SMILES string of the molecule is CC(C)N(C)c1nccc(CN)n1. The molecule has 0 radical (unpaired) electrons. The highest BCUT2D eigenvalue weighted by molar-refractivity contribution is 5.29. The molecule has 0 amide bonds. The summed E-state index contributed by atoms with van der Waals surface area (Å²) < 4.78 is 0. The van der Waals surface area contributed by atoms with Gasteiger partial charge < -0.3 is 10.6 Å². The monoisotopic (exact) mass is 180 g/mol. The molecule has 0 saturated carbocycles. The first-order chi connectivity index (χ1) is 6.15. The molecule has 0 unspecified atom stereocenters. The zero-order chi connectivity index (χ0) is 9.84. The summed E-state index contributed by atoms with van der Waals surface area (Å²) in [4.78, 5) is 10.5. The highest BCUT2D eigenvalue weighted by Crippen LogP contribution is 2.07. The maximum Gasteiger partial charge on any atom is 0.225 e. The largest absolute Gasteiger partial charge is 0.341 e. The molecule has 0 aliphatic carbocycles. The molecule has 1 aromatic rings. The Morgan fingerprint density at radius 2 is 2.23 bits per heavy atom. The minimum absolute atomic E-state index is 0.396. The van der Waals surface area contributed by atoms with Crippen LogP contribution in [0.5, 0.6) is 0 Å². The zero-order valence-corrected chi connectivity index (χ0v) is 8.36. The Morgan fingerprint density at radius 3 is 2.77 bits per heavy atom. The Kier molecular flexibility index (Phi) is 3.19. The fourth-order valence-corrected chi connectivity index (χ4v) is 0.899. The third kappa shape index (κ3) is 2.39. The third-order valence-electron chi connectivity index (χ3n) is 2.00. The van der Waals surface area contributed by atoms with Crippen molar-refractivity contribution in [2.24, 2.45) is 5.73 Å². The van der Waals surface area contributed by atoms with Crippen molar-refractivity contribution in [2.75, 3.05) is 11.9 Å². The summed E-state index contributed by atoms with van der Waals surface area (Å²) in [6.07, 6.45) is 1.74. The third-order valence-corrected chi connectivity index (χ3v) is 2.00. The van der Waals surface area contributed by atoms with Crippen molar-refractivity contribution in [2.45, 2.75) is 26.4 Å². The molecule has 13 heavy (non-hydrogen) atoms. The number of aromatic nitrogens is 2. The molecule has 4 heteroatoms. The Hall–Kier alpha value is -1.16. The van der Waals surface area contributed by atoms with Gasteiger partial charge >= 0.3 is 0 Å². The van der Waals surface area contributed by atoms with Crippen LogP contribution in [-0.4, -0.2) is 23.1 Å². The highest BCUT2D eigenvalue weighted by Gasteiger charge is 2.07. The van der Waals surface area contributed by atoms with Crippen molar-refractivity contribution >= 4 is 5.95 Å². The minimum Gasteiger partial charge on any atom is -0.341 e. The highest BCUT2D eigenvalue weighted by atomic mass is 15.2. The summed E-state index contributed by atoms with van der Waals surface area (Å²) in [6.45, 7) is 4.65. The summed E-state index contributed by atoms with van der Waals surface area (Å²) in [7, 11) is 1.97. The van der Waals surface area contributed by atoms with Crippen molar-refractivity contribution in [1.82, 2.24) is 9.97 Å². The lowest BCUT2D eigenvalue weighted by atomic mass is 10.3. The quantitative estimate of drug-likeness (QED) is 0.746. The Bertz CT molecular complexity index is 272. The normalized spacial score (nSPS) is 10.5. The molecule has 0 aliphatic heterocycles. The zero-order valence-electron chi connectivity index (χ0n) is 8.36. The molecule has 1 aromatic heterocycles. The molecular weight excluding hydrogens is 164 g/mol. The predicted molar refractivity (Wildman–Crippen MR) is 53.5 cm³/mol. The number of hydrogen-bond donors (Lipinski definition) is 1. The van der Waals surface area contributed by atoms with Gasteiger partial charge in [-0.25, -0.2) is 9.97 Å². The van der Waals surface area contributed by atoms with Gasteiger partial charge in [0.25, 0.3) is 0 Å². The van der Waals surface area contributed by atoms with Crippen LogP contribution in [0.4, 0.5) is 5.95 Å². The lowest BCUT2D eigenvalue weighted by Gasteiger charge is -2.21. The average Bonchev–Trinajstić information content (AvgIpc) is 2.16. The molecule has 0 saturated heterocycles. The van der Waals surface area contributed by atoms with Gasteiger partial charge in [0, 0.05) is 25.8 Å². The molecule has 0 fully saturated rings. The van der Waals surface area contributed by atoms with Crippen molar-refractivity contribution in [3.8, 4) is 0 Å². The maximum atomic E-state index is 5.49. The number of rotatable bonds is 3. The second-order valence-electron chi connectivity index (χ2n) is 3.26. The van der Waals surface area contributed by atoms with Crippen LogP contribution >= 0.6 is 0 Å². The summed E-state index contributed by atoms with van der Waals surface area (Å²) in [5, 5.41) is 0. The van der Waals surface area contributed by atoms with Crippen LogP contribution in [0.1, 0.15) is 19.5 Å². The van der Waals surface area contributed by atoms with E-state index in [-0.39, 0.29) is 0 Å². The minimum atomic E-state index is 0.396. The van der Waals surface area contributed by atoms with Crippen molar-refractivity contribution in [3.63, 3.8) is 0 Å². The van der Waals surface area contributed by atoms with E-state index in [1.54, 1.807) is 6.20 Å². The fraction of sp³-hybridized carbons (Fsp3) is 0.556. The van der Waals surface area contributed by atoms with Crippen molar-refractivity contribution < 1.29 is 0 Å².